The van der Waals surface area contributed by atoms with Crippen LogP contribution in [0.2, 0.25) is 0 Å². The molecular formula is C20H24N4S. The molecule has 0 spiro atoms. The van der Waals surface area contributed by atoms with Crippen LogP contribution in [0.25, 0.3) is 0 Å². The van der Waals surface area contributed by atoms with Gasteiger partial charge in [-0.05, 0) is 42.1 Å². The summed E-state index contributed by atoms with van der Waals surface area (Å²) in [7, 11) is 2.18. The molecule has 3 N–H and O–H groups in total. The first-order valence-corrected chi connectivity index (χ1v) is 9.66. The van der Waals surface area contributed by atoms with Crippen molar-refractivity contribution in [1.82, 2.24) is 4.90 Å². The minimum absolute atomic E-state index is 0.502. The first-order chi connectivity index (χ1) is 12.2. The monoisotopic (exact) mass is 352 g/mol. The van der Waals surface area contributed by atoms with Crippen LogP contribution in [0.5, 0.6) is 0 Å². The molecule has 2 aliphatic heterocycles. The average molecular weight is 353 g/mol. The van der Waals surface area contributed by atoms with Gasteiger partial charge >= 0.3 is 0 Å². The summed E-state index contributed by atoms with van der Waals surface area (Å²) in [5.74, 6) is 1.13. The fourth-order valence-corrected chi connectivity index (χ4v) is 4.24. The summed E-state index contributed by atoms with van der Waals surface area (Å²) in [6.45, 7) is 3.85. The minimum Gasteiger partial charge on any atom is -0.384 e. The Labute approximate surface area is 153 Å². The van der Waals surface area contributed by atoms with Crippen LogP contribution in [0.1, 0.15) is 28.3 Å². The number of nitrogens with zero attached hydrogens (tertiary/aromatic N) is 2. The summed E-state index contributed by atoms with van der Waals surface area (Å²) in [6.07, 6.45) is 3.57. The van der Waals surface area contributed by atoms with Gasteiger partial charge in [-0.15, -0.1) is 11.3 Å². The zero-order valence-electron chi connectivity index (χ0n) is 14.5. The van der Waals surface area contributed by atoms with Crippen molar-refractivity contribution in [2.75, 3.05) is 32.0 Å². The van der Waals surface area contributed by atoms with Crippen molar-refractivity contribution < 1.29 is 0 Å². The molecule has 1 atom stereocenters. The lowest BCUT2D eigenvalue weighted by Crippen LogP contribution is -2.26. The van der Waals surface area contributed by atoms with Gasteiger partial charge in [0.1, 0.15) is 5.84 Å². The Morgan fingerprint density at radius 3 is 3.08 bits per heavy atom. The number of aliphatic imine (C=N–C) groups is 1. The van der Waals surface area contributed by atoms with Crippen LogP contribution in [0.3, 0.4) is 0 Å². The molecule has 25 heavy (non-hydrogen) atoms. The first kappa shape index (κ1) is 16.4. The lowest BCUT2D eigenvalue weighted by Gasteiger charge is -2.25. The molecule has 0 bridgehead atoms. The highest BCUT2D eigenvalue weighted by Gasteiger charge is 2.26. The van der Waals surface area contributed by atoms with E-state index in [1.165, 1.54) is 16.8 Å². The molecular weight excluding hydrogens is 328 g/mol. The third kappa shape index (κ3) is 3.48. The van der Waals surface area contributed by atoms with Crippen LogP contribution in [-0.2, 0) is 6.54 Å². The quantitative estimate of drug-likeness (QED) is 0.504. The summed E-state index contributed by atoms with van der Waals surface area (Å²) >= 11 is 1.63. The van der Waals surface area contributed by atoms with Crippen LogP contribution in [0.4, 0.5) is 5.69 Å². The Balaban J connectivity index is 1.53. The number of rotatable bonds is 4. The van der Waals surface area contributed by atoms with Crippen molar-refractivity contribution in [1.29, 1.82) is 0 Å². The second-order valence-corrected chi connectivity index (χ2v) is 7.77. The maximum absolute atomic E-state index is 6.09. The molecule has 1 aromatic carbocycles. The second-order valence-electron chi connectivity index (χ2n) is 6.83. The van der Waals surface area contributed by atoms with E-state index >= 15 is 0 Å². The molecule has 5 heteroatoms. The van der Waals surface area contributed by atoms with Crippen molar-refractivity contribution in [3.8, 4) is 0 Å². The van der Waals surface area contributed by atoms with Gasteiger partial charge in [0.2, 0.25) is 0 Å². The lowest BCUT2D eigenvalue weighted by molar-refractivity contribution is 0.354. The van der Waals surface area contributed by atoms with Gasteiger partial charge in [0.05, 0.1) is 11.4 Å². The molecule has 130 valence electrons. The summed E-state index contributed by atoms with van der Waals surface area (Å²) in [5, 5.41) is 5.59. The van der Waals surface area contributed by atoms with Gasteiger partial charge in [-0.1, -0.05) is 29.8 Å². The zero-order valence-corrected chi connectivity index (χ0v) is 15.4. The number of fused-ring (bicyclic) bond motifs is 1. The Kier molecular flexibility index (Phi) is 4.59. The summed E-state index contributed by atoms with van der Waals surface area (Å²) in [6, 6.07) is 10.7. The van der Waals surface area contributed by atoms with Gasteiger partial charge in [-0.3, -0.25) is 4.99 Å². The summed E-state index contributed by atoms with van der Waals surface area (Å²) < 4.78 is 0. The van der Waals surface area contributed by atoms with Gasteiger partial charge in [0.25, 0.3) is 0 Å². The third-order valence-corrected chi connectivity index (χ3v) is 5.98. The second kappa shape index (κ2) is 7.02. The minimum atomic E-state index is 0.502. The van der Waals surface area contributed by atoms with Crippen molar-refractivity contribution in [3.63, 3.8) is 0 Å². The predicted octanol–water partition coefficient (Wildman–Crippen LogP) is 3.42. The van der Waals surface area contributed by atoms with Crippen LogP contribution < -0.4 is 11.1 Å². The Bertz CT molecular complexity index is 807. The van der Waals surface area contributed by atoms with Crippen molar-refractivity contribution in [3.05, 3.63) is 63.4 Å². The highest BCUT2D eigenvalue weighted by Crippen LogP contribution is 2.38. The molecule has 0 saturated carbocycles. The van der Waals surface area contributed by atoms with Gasteiger partial charge in [0, 0.05) is 31.2 Å². The molecule has 4 rings (SSSR count). The van der Waals surface area contributed by atoms with Gasteiger partial charge in [-0.25, -0.2) is 0 Å². The molecule has 1 unspecified atom stereocenters. The fourth-order valence-electron chi connectivity index (χ4n) is 3.59. The molecule has 0 fully saturated rings. The average Bonchev–Trinajstić information content (AvgIpc) is 3.30. The number of thiophene rings is 1. The molecule has 3 heterocycles. The molecule has 0 amide bonds. The molecule has 2 aromatic rings. The third-order valence-electron chi connectivity index (χ3n) is 5.09. The molecule has 4 nitrogen and oxygen atoms in total. The number of hydrogen-bond donors (Lipinski definition) is 2. The molecule has 0 radical (unpaired) electrons. The molecule has 1 aromatic heterocycles. The van der Waals surface area contributed by atoms with Gasteiger partial charge in [-0.2, -0.15) is 0 Å². The van der Waals surface area contributed by atoms with Crippen LogP contribution >= 0.6 is 11.3 Å². The van der Waals surface area contributed by atoms with Crippen molar-refractivity contribution in [2.24, 2.45) is 10.7 Å². The van der Waals surface area contributed by atoms with Crippen LogP contribution in [-0.4, -0.2) is 37.4 Å². The molecule has 0 aliphatic carbocycles. The number of amidine groups is 1. The lowest BCUT2D eigenvalue weighted by atomic mass is 9.88. The van der Waals surface area contributed by atoms with Crippen LogP contribution in [0, 0.1) is 0 Å². The smallest absolute Gasteiger partial charge is 0.136 e. The summed E-state index contributed by atoms with van der Waals surface area (Å²) in [4.78, 5) is 7.98. The standard InChI is InChI=1S/C20H24N4S/c1-24-8-6-15(7-9-24)17-13-22-18-5-4-14(11-16(17)18)12-23-20(21)19-3-2-10-25-19/h2-6,10-11,17,22H,7-9,12-13H2,1H3,(H2,21,23). The van der Waals surface area contributed by atoms with E-state index < -0.39 is 0 Å². The molecule has 2 aliphatic rings. The number of benzene rings is 1. The van der Waals surface area contributed by atoms with E-state index in [2.05, 4.69) is 46.5 Å². The Morgan fingerprint density at radius 1 is 1.40 bits per heavy atom. The normalized spacial score (nSPS) is 20.9. The highest BCUT2D eigenvalue weighted by atomic mass is 32.1. The topological polar surface area (TPSA) is 53.6 Å². The maximum Gasteiger partial charge on any atom is 0.136 e. The highest BCUT2D eigenvalue weighted by molar-refractivity contribution is 7.12. The molecule has 0 saturated heterocycles. The van der Waals surface area contributed by atoms with Crippen molar-refractivity contribution in [2.45, 2.75) is 18.9 Å². The SMILES string of the molecule is CN1CC=C(C2CNc3ccc(CN=C(N)c4cccs4)cc32)CC1. The van der Waals surface area contributed by atoms with E-state index in [9.17, 15) is 0 Å². The van der Waals surface area contributed by atoms with E-state index in [0.717, 1.165) is 30.9 Å². The van der Waals surface area contributed by atoms with Crippen LogP contribution in [0.15, 0.2) is 52.4 Å². The number of likely N-dealkylation sites (N-methyl/N-ethyl adjacent to an activating group) is 1. The Hall–Kier alpha value is -2.11. The van der Waals surface area contributed by atoms with Crippen molar-refractivity contribution >= 4 is 22.9 Å². The number of nitrogens with one attached hydrogen (secondary N) is 1. The van der Waals surface area contributed by atoms with E-state index in [1.807, 2.05) is 17.5 Å². The van der Waals surface area contributed by atoms with E-state index in [0.29, 0.717) is 18.3 Å². The first-order valence-electron chi connectivity index (χ1n) is 8.78. The van der Waals surface area contributed by atoms with E-state index in [4.69, 9.17) is 5.73 Å². The predicted molar refractivity (Wildman–Crippen MR) is 107 cm³/mol. The van der Waals surface area contributed by atoms with E-state index in [1.54, 1.807) is 16.9 Å². The largest absolute Gasteiger partial charge is 0.384 e. The Morgan fingerprint density at radius 2 is 2.32 bits per heavy atom. The van der Waals surface area contributed by atoms with E-state index in [-0.39, 0.29) is 0 Å². The number of anilines is 1. The van der Waals surface area contributed by atoms with Gasteiger partial charge < -0.3 is 16.0 Å². The fraction of sp³-hybridized carbons (Fsp3) is 0.350. The maximum atomic E-state index is 6.09. The zero-order chi connectivity index (χ0) is 17.2. The number of hydrogen-bond acceptors (Lipinski definition) is 4. The number of nitrogens with two attached hydrogens (primary N) is 1. The summed E-state index contributed by atoms with van der Waals surface area (Å²) in [5.41, 5.74) is 11.6. The van der Waals surface area contributed by atoms with Gasteiger partial charge in [0.15, 0.2) is 0 Å².